The number of unbranched alkanes of at least 4 members (excludes halogenated alkanes) is 7. The summed E-state index contributed by atoms with van der Waals surface area (Å²) in [7, 11) is 0. The van der Waals surface area contributed by atoms with Gasteiger partial charge in [0, 0.05) is 12.8 Å². The third kappa shape index (κ3) is 15.3. The lowest BCUT2D eigenvalue weighted by atomic mass is 10.1. The van der Waals surface area contributed by atoms with Crippen molar-refractivity contribution in [2.75, 3.05) is 26.4 Å². The van der Waals surface area contributed by atoms with E-state index in [1.165, 1.54) is 0 Å². The minimum atomic E-state index is -0.234. The number of carbonyl (C=O) groups is 2. The molecule has 0 aliphatic rings. The molecule has 0 aromatic rings. The van der Waals surface area contributed by atoms with Crippen molar-refractivity contribution in [2.24, 2.45) is 0 Å². The van der Waals surface area contributed by atoms with Gasteiger partial charge in [0.05, 0.1) is 13.2 Å². The van der Waals surface area contributed by atoms with E-state index in [1.807, 2.05) is 0 Å². The minimum absolute atomic E-state index is 0.0897. The van der Waals surface area contributed by atoms with Gasteiger partial charge < -0.3 is 19.7 Å². The molecule has 0 aliphatic carbocycles. The fraction of sp³-hybridized carbons (Fsp3) is 0.875. The molecular formula is C16H30O6. The smallest absolute Gasteiger partial charge is 0.305 e. The van der Waals surface area contributed by atoms with Crippen molar-refractivity contribution >= 4 is 11.9 Å². The molecule has 0 aromatic heterocycles. The summed E-state index contributed by atoms with van der Waals surface area (Å²) < 4.78 is 9.53. The van der Waals surface area contributed by atoms with E-state index >= 15 is 0 Å². The van der Waals surface area contributed by atoms with Crippen molar-refractivity contribution in [2.45, 2.75) is 64.2 Å². The second-order valence-electron chi connectivity index (χ2n) is 5.22. The number of aliphatic hydroxyl groups excluding tert-OH is 2. The lowest BCUT2D eigenvalue weighted by Gasteiger charge is -2.04. The van der Waals surface area contributed by atoms with Gasteiger partial charge in [0.1, 0.15) is 13.2 Å². The summed E-state index contributed by atoms with van der Waals surface area (Å²) in [5.74, 6) is -0.468. The molecule has 0 saturated heterocycles. The van der Waals surface area contributed by atoms with Crippen molar-refractivity contribution < 1.29 is 29.3 Å². The number of ether oxygens (including phenoxy) is 2. The van der Waals surface area contributed by atoms with Crippen molar-refractivity contribution in [1.29, 1.82) is 0 Å². The zero-order valence-electron chi connectivity index (χ0n) is 13.4. The summed E-state index contributed by atoms with van der Waals surface area (Å²) in [6.07, 6.45) is 9.04. The van der Waals surface area contributed by atoms with E-state index < -0.39 is 0 Å². The normalized spacial score (nSPS) is 10.5. The lowest BCUT2D eigenvalue weighted by Crippen LogP contribution is -2.07. The van der Waals surface area contributed by atoms with E-state index in [0.717, 1.165) is 51.4 Å². The standard InChI is InChI=1S/C16H30O6/c17-11-13-21-15(19)9-7-5-3-1-2-4-6-8-10-16(20)22-14-12-18/h17-18H,1-14H2. The third-order valence-corrected chi connectivity index (χ3v) is 3.22. The van der Waals surface area contributed by atoms with E-state index in [4.69, 9.17) is 19.7 Å². The Balaban J connectivity index is 3.17. The number of carbonyl (C=O) groups excluding carboxylic acids is 2. The van der Waals surface area contributed by atoms with Crippen molar-refractivity contribution in [3.63, 3.8) is 0 Å². The Morgan fingerprint density at radius 2 is 0.909 bits per heavy atom. The molecule has 0 aliphatic heterocycles. The molecule has 0 bridgehead atoms. The van der Waals surface area contributed by atoms with Crippen LogP contribution in [0, 0.1) is 0 Å². The summed E-state index contributed by atoms with van der Waals surface area (Å²) in [4.78, 5) is 22.3. The third-order valence-electron chi connectivity index (χ3n) is 3.22. The predicted molar refractivity (Wildman–Crippen MR) is 82.3 cm³/mol. The molecule has 0 atom stereocenters. The number of aliphatic hydroxyl groups is 2. The molecule has 6 nitrogen and oxygen atoms in total. The molecule has 0 radical (unpaired) electrons. The Morgan fingerprint density at radius 3 is 1.23 bits per heavy atom. The molecule has 0 saturated carbocycles. The zero-order valence-corrected chi connectivity index (χ0v) is 13.4. The summed E-state index contributed by atoms with van der Waals surface area (Å²) >= 11 is 0. The lowest BCUT2D eigenvalue weighted by molar-refractivity contribution is -0.145. The van der Waals surface area contributed by atoms with Gasteiger partial charge in [0.2, 0.25) is 0 Å². The SMILES string of the molecule is O=C(CCCCCCCCCCC(=O)OCCO)OCCO. The molecule has 130 valence electrons. The topological polar surface area (TPSA) is 93.1 Å². The van der Waals surface area contributed by atoms with Gasteiger partial charge in [-0.15, -0.1) is 0 Å². The van der Waals surface area contributed by atoms with E-state index in [1.54, 1.807) is 0 Å². The average Bonchev–Trinajstić information content (AvgIpc) is 2.52. The molecule has 0 spiro atoms. The maximum Gasteiger partial charge on any atom is 0.305 e. The van der Waals surface area contributed by atoms with Crippen LogP contribution >= 0.6 is 0 Å². The summed E-state index contributed by atoms with van der Waals surface area (Å²) in [6, 6.07) is 0. The molecule has 6 heteroatoms. The molecule has 2 N–H and O–H groups in total. The molecular weight excluding hydrogens is 288 g/mol. The minimum Gasteiger partial charge on any atom is -0.463 e. The first-order valence-corrected chi connectivity index (χ1v) is 8.23. The molecule has 0 amide bonds. The molecule has 22 heavy (non-hydrogen) atoms. The summed E-state index contributed by atoms with van der Waals surface area (Å²) in [5.41, 5.74) is 0. The molecule has 0 rings (SSSR count). The first kappa shape index (κ1) is 20.9. The van der Waals surface area contributed by atoms with Crippen molar-refractivity contribution in [3.05, 3.63) is 0 Å². The first-order valence-electron chi connectivity index (χ1n) is 8.23. The van der Waals surface area contributed by atoms with Gasteiger partial charge in [-0.25, -0.2) is 0 Å². The highest BCUT2D eigenvalue weighted by Crippen LogP contribution is 2.11. The average molecular weight is 318 g/mol. The van der Waals surface area contributed by atoms with Crippen LogP contribution in [-0.4, -0.2) is 48.6 Å². The molecule has 0 fully saturated rings. The molecule has 0 heterocycles. The van der Waals surface area contributed by atoms with Crippen molar-refractivity contribution in [3.8, 4) is 0 Å². The predicted octanol–water partition coefficient (Wildman–Crippen LogP) is 1.96. The largest absolute Gasteiger partial charge is 0.463 e. The van der Waals surface area contributed by atoms with Crippen LogP contribution in [0.1, 0.15) is 64.2 Å². The van der Waals surface area contributed by atoms with E-state index in [9.17, 15) is 9.59 Å². The van der Waals surface area contributed by atoms with Crippen LogP contribution in [0.4, 0.5) is 0 Å². The van der Waals surface area contributed by atoms with Gasteiger partial charge >= 0.3 is 11.9 Å². The van der Waals surface area contributed by atoms with Gasteiger partial charge in [-0.3, -0.25) is 9.59 Å². The zero-order chi connectivity index (χ0) is 16.5. The van der Waals surface area contributed by atoms with Gasteiger partial charge in [-0.1, -0.05) is 38.5 Å². The Labute approximate surface area is 132 Å². The van der Waals surface area contributed by atoms with E-state index in [2.05, 4.69) is 0 Å². The van der Waals surface area contributed by atoms with Crippen LogP contribution in [0.5, 0.6) is 0 Å². The van der Waals surface area contributed by atoms with Gasteiger partial charge in [0.15, 0.2) is 0 Å². The van der Waals surface area contributed by atoms with Gasteiger partial charge in [-0.05, 0) is 12.8 Å². The second-order valence-corrected chi connectivity index (χ2v) is 5.22. The highest BCUT2D eigenvalue weighted by atomic mass is 16.5. The Morgan fingerprint density at radius 1 is 0.591 bits per heavy atom. The Kier molecular flexibility index (Phi) is 15.4. The molecule has 0 unspecified atom stereocenters. The Hall–Kier alpha value is -1.14. The maximum absolute atomic E-state index is 11.1. The van der Waals surface area contributed by atoms with Crippen LogP contribution in [0.3, 0.4) is 0 Å². The highest BCUT2D eigenvalue weighted by Gasteiger charge is 2.03. The monoisotopic (exact) mass is 318 g/mol. The van der Waals surface area contributed by atoms with Crippen LogP contribution in [0.15, 0.2) is 0 Å². The van der Waals surface area contributed by atoms with Gasteiger partial charge in [-0.2, -0.15) is 0 Å². The summed E-state index contributed by atoms with van der Waals surface area (Å²) in [5, 5.41) is 17.0. The number of hydrogen-bond donors (Lipinski definition) is 2. The van der Waals surface area contributed by atoms with Crippen LogP contribution in [0.2, 0.25) is 0 Å². The van der Waals surface area contributed by atoms with E-state index in [0.29, 0.717) is 12.8 Å². The highest BCUT2D eigenvalue weighted by molar-refractivity contribution is 5.69. The Bertz CT molecular complexity index is 252. The number of hydrogen-bond acceptors (Lipinski definition) is 6. The fourth-order valence-corrected chi connectivity index (χ4v) is 2.06. The first-order chi connectivity index (χ1) is 10.7. The second kappa shape index (κ2) is 16.2. The fourth-order valence-electron chi connectivity index (χ4n) is 2.06. The van der Waals surface area contributed by atoms with Crippen LogP contribution in [0.25, 0.3) is 0 Å². The molecule has 0 aromatic carbocycles. The quantitative estimate of drug-likeness (QED) is 0.354. The van der Waals surface area contributed by atoms with E-state index in [-0.39, 0.29) is 38.4 Å². The maximum atomic E-state index is 11.1. The number of esters is 2. The van der Waals surface area contributed by atoms with Crippen LogP contribution in [-0.2, 0) is 19.1 Å². The van der Waals surface area contributed by atoms with Crippen LogP contribution < -0.4 is 0 Å². The van der Waals surface area contributed by atoms with Gasteiger partial charge in [0.25, 0.3) is 0 Å². The number of rotatable bonds is 15. The summed E-state index contributed by atoms with van der Waals surface area (Å²) in [6.45, 7) is -0.0610. The van der Waals surface area contributed by atoms with Crippen molar-refractivity contribution in [1.82, 2.24) is 0 Å².